The van der Waals surface area contributed by atoms with E-state index in [1.165, 1.54) is 12.8 Å². The summed E-state index contributed by atoms with van der Waals surface area (Å²) >= 11 is 0. The highest BCUT2D eigenvalue weighted by molar-refractivity contribution is 5.76. The maximum atomic E-state index is 12.1. The molecule has 1 heterocycles. The molecule has 0 aromatic heterocycles. The van der Waals surface area contributed by atoms with Gasteiger partial charge in [0.25, 0.3) is 0 Å². The molecular weight excluding hydrogens is 212 g/mol. The van der Waals surface area contributed by atoms with E-state index < -0.39 is 0 Å². The number of hydrogen-bond acceptors (Lipinski definition) is 2. The van der Waals surface area contributed by atoms with Crippen LogP contribution in [0, 0.1) is 5.92 Å². The first-order valence-electron chi connectivity index (χ1n) is 6.76. The number of carbonyl (C=O) groups is 1. The summed E-state index contributed by atoms with van der Waals surface area (Å²) in [5.74, 6) is 0.893. The largest absolute Gasteiger partial charge is 0.340 e. The smallest absolute Gasteiger partial charge is 0.223 e. The Hall–Kier alpha value is -0.830. The summed E-state index contributed by atoms with van der Waals surface area (Å²) in [6.45, 7) is 11.0. The average Bonchev–Trinajstić information content (AvgIpc) is 2.34. The molecule has 1 aliphatic rings. The van der Waals surface area contributed by atoms with Crippen molar-refractivity contribution in [2.45, 2.75) is 45.6 Å². The molecule has 3 heteroatoms. The van der Waals surface area contributed by atoms with Crippen LogP contribution < -0.4 is 5.32 Å². The lowest BCUT2D eigenvalue weighted by atomic mass is 9.98. The molecular formula is C14H26N2O. The van der Waals surface area contributed by atoms with Gasteiger partial charge in [-0.25, -0.2) is 0 Å². The lowest BCUT2D eigenvalue weighted by Gasteiger charge is -2.33. The van der Waals surface area contributed by atoms with Crippen LogP contribution in [0.15, 0.2) is 12.7 Å². The van der Waals surface area contributed by atoms with Gasteiger partial charge in [-0.15, -0.1) is 6.58 Å². The second-order valence-electron chi connectivity index (χ2n) is 5.18. The lowest BCUT2D eigenvalue weighted by molar-refractivity contribution is -0.133. The zero-order chi connectivity index (χ0) is 12.7. The summed E-state index contributed by atoms with van der Waals surface area (Å²) in [6.07, 6.45) is 5.67. The normalized spacial score (nSPS) is 20.3. The number of nitrogens with one attached hydrogen (secondary N) is 1. The van der Waals surface area contributed by atoms with Crippen molar-refractivity contribution in [3.8, 4) is 0 Å². The van der Waals surface area contributed by atoms with Crippen LogP contribution in [-0.2, 0) is 4.79 Å². The molecule has 0 bridgehead atoms. The fourth-order valence-corrected chi connectivity index (χ4v) is 2.33. The van der Waals surface area contributed by atoms with Gasteiger partial charge in [-0.05, 0) is 52.1 Å². The first-order chi connectivity index (χ1) is 8.15. The monoisotopic (exact) mass is 238 g/mol. The molecule has 1 amide bonds. The van der Waals surface area contributed by atoms with Gasteiger partial charge in [-0.3, -0.25) is 4.79 Å². The summed E-state index contributed by atoms with van der Waals surface area (Å²) in [6, 6.07) is 0.300. The Balaban J connectivity index is 2.46. The predicted molar refractivity (Wildman–Crippen MR) is 71.9 cm³/mol. The minimum absolute atomic E-state index is 0.269. The van der Waals surface area contributed by atoms with Crippen molar-refractivity contribution < 1.29 is 4.79 Å². The molecule has 0 aliphatic carbocycles. The second-order valence-corrected chi connectivity index (χ2v) is 5.18. The number of rotatable bonds is 6. The number of piperidine rings is 1. The van der Waals surface area contributed by atoms with E-state index in [1.807, 2.05) is 11.0 Å². The predicted octanol–water partition coefficient (Wildman–Crippen LogP) is 2.19. The summed E-state index contributed by atoms with van der Waals surface area (Å²) in [5, 5.41) is 3.41. The maximum absolute atomic E-state index is 12.1. The minimum atomic E-state index is 0.269. The fourth-order valence-electron chi connectivity index (χ4n) is 2.33. The van der Waals surface area contributed by atoms with Crippen molar-refractivity contribution in [3.05, 3.63) is 12.7 Å². The Morgan fingerprint density at radius 1 is 1.59 bits per heavy atom. The molecule has 0 saturated carbocycles. The van der Waals surface area contributed by atoms with Gasteiger partial charge in [-0.1, -0.05) is 6.08 Å². The molecule has 1 fully saturated rings. The molecule has 0 radical (unpaired) electrons. The highest BCUT2D eigenvalue weighted by atomic mass is 16.2. The number of carbonyl (C=O) groups excluding carboxylic acids is 1. The van der Waals surface area contributed by atoms with E-state index in [0.29, 0.717) is 18.4 Å². The summed E-state index contributed by atoms with van der Waals surface area (Å²) in [5.41, 5.74) is 0. The van der Waals surface area contributed by atoms with Crippen LogP contribution in [0.25, 0.3) is 0 Å². The van der Waals surface area contributed by atoms with E-state index in [4.69, 9.17) is 0 Å². The second kappa shape index (κ2) is 7.49. The number of allylic oxidation sites excluding steroid dienone is 1. The standard InChI is InChI=1S/C14H26N2O/c1-4-5-8-14(17)16(12(2)3)11-13-7-6-9-15-10-13/h4,12-13,15H,1,5-11H2,2-3H3. The summed E-state index contributed by atoms with van der Waals surface area (Å²) in [4.78, 5) is 14.1. The van der Waals surface area contributed by atoms with Gasteiger partial charge in [0.15, 0.2) is 0 Å². The fraction of sp³-hybridized carbons (Fsp3) is 0.786. The third-order valence-corrected chi connectivity index (χ3v) is 3.36. The van der Waals surface area contributed by atoms with E-state index in [0.717, 1.165) is 26.1 Å². The van der Waals surface area contributed by atoms with Crippen LogP contribution in [0.3, 0.4) is 0 Å². The Kier molecular flexibility index (Phi) is 6.27. The SMILES string of the molecule is C=CCCC(=O)N(CC1CCCNC1)C(C)C. The molecule has 0 spiro atoms. The van der Waals surface area contributed by atoms with Crippen molar-refractivity contribution in [2.75, 3.05) is 19.6 Å². The van der Waals surface area contributed by atoms with Gasteiger partial charge in [0.2, 0.25) is 5.91 Å². The highest BCUT2D eigenvalue weighted by Crippen LogP contribution is 2.14. The van der Waals surface area contributed by atoms with Gasteiger partial charge < -0.3 is 10.2 Å². The molecule has 1 N–H and O–H groups in total. The quantitative estimate of drug-likeness (QED) is 0.719. The van der Waals surface area contributed by atoms with Crippen LogP contribution in [0.1, 0.15) is 39.5 Å². The molecule has 0 aromatic carbocycles. The molecule has 1 unspecified atom stereocenters. The van der Waals surface area contributed by atoms with Crippen LogP contribution in [-0.4, -0.2) is 36.5 Å². The van der Waals surface area contributed by atoms with Crippen molar-refractivity contribution in [1.29, 1.82) is 0 Å². The molecule has 3 nitrogen and oxygen atoms in total. The van der Waals surface area contributed by atoms with Gasteiger partial charge in [0.1, 0.15) is 0 Å². The number of hydrogen-bond donors (Lipinski definition) is 1. The van der Waals surface area contributed by atoms with Crippen LogP contribution in [0.5, 0.6) is 0 Å². The van der Waals surface area contributed by atoms with Crippen LogP contribution >= 0.6 is 0 Å². The number of amides is 1. The van der Waals surface area contributed by atoms with E-state index in [1.54, 1.807) is 0 Å². The molecule has 1 aliphatic heterocycles. The highest BCUT2D eigenvalue weighted by Gasteiger charge is 2.22. The van der Waals surface area contributed by atoms with E-state index in [9.17, 15) is 4.79 Å². The molecule has 1 atom stereocenters. The van der Waals surface area contributed by atoms with Crippen molar-refractivity contribution in [3.63, 3.8) is 0 Å². The molecule has 98 valence electrons. The third kappa shape index (κ3) is 4.90. The molecule has 17 heavy (non-hydrogen) atoms. The van der Waals surface area contributed by atoms with E-state index in [2.05, 4.69) is 25.7 Å². The van der Waals surface area contributed by atoms with Crippen molar-refractivity contribution in [1.82, 2.24) is 10.2 Å². The average molecular weight is 238 g/mol. The van der Waals surface area contributed by atoms with E-state index in [-0.39, 0.29) is 5.91 Å². The molecule has 0 aromatic rings. The van der Waals surface area contributed by atoms with Crippen molar-refractivity contribution in [2.24, 2.45) is 5.92 Å². The van der Waals surface area contributed by atoms with E-state index >= 15 is 0 Å². The van der Waals surface area contributed by atoms with Crippen LogP contribution in [0.2, 0.25) is 0 Å². The Morgan fingerprint density at radius 2 is 2.35 bits per heavy atom. The zero-order valence-corrected chi connectivity index (χ0v) is 11.2. The third-order valence-electron chi connectivity index (χ3n) is 3.36. The topological polar surface area (TPSA) is 32.3 Å². The molecule has 1 rings (SSSR count). The Morgan fingerprint density at radius 3 is 2.88 bits per heavy atom. The maximum Gasteiger partial charge on any atom is 0.223 e. The van der Waals surface area contributed by atoms with Crippen molar-refractivity contribution >= 4 is 5.91 Å². The summed E-state index contributed by atoms with van der Waals surface area (Å²) < 4.78 is 0. The summed E-state index contributed by atoms with van der Waals surface area (Å²) in [7, 11) is 0. The Bertz CT molecular complexity index is 245. The van der Waals surface area contributed by atoms with Gasteiger partial charge in [0, 0.05) is 19.0 Å². The van der Waals surface area contributed by atoms with Crippen LogP contribution in [0.4, 0.5) is 0 Å². The van der Waals surface area contributed by atoms with Gasteiger partial charge in [0.05, 0.1) is 0 Å². The first-order valence-corrected chi connectivity index (χ1v) is 6.76. The first kappa shape index (κ1) is 14.2. The van der Waals surface area contributed by atoms with Gasteiger partial charge in [-0.2, -0.15) is 0 Å². The Labute approximate surface area is 105 Å². The van der Waals surface area contributed by atoms with Gasteiger partial charge >= 0.3 is 0 Å². The zero-order valence-electron chi connectivity index (χ0n) is 11.2. The number of nitrogens with zero attached hydrogens (tertiary/aromatic N) is 1. The lowest BCUT2D eigenvalue weighted by Crippen LogP contribution is -2.44. The minimum Gasteiger partial charge on any atom is -0.340 e. The molecule has 1 saturated heterocycles.